The summed E-state index contributed by atoms with van der Waals surface area (Å²) in [6.45, 7) is 2.72. The lowest BCUT2D eigenvalue weighted by atomic mass is 10.3. The molecule has 0 aromatic heterocycles. The molecule has 0 aliphatic rings. The van der Waals surface area contributed by atoms with Crippen molar-refractivity contribution in [2.75, 3.05) is 25.0 Å². The second-order valence-electron chi connectivity index (χ2n) is 3.61. The zero-order valence-electron chi connectivity index (χ0n) is 10.2. The van der Waals surface area contributed by atoms with E-state index in [9.17, 15) is 9.59 Å². The number of nitrogens with two attached hydrogens (primary N) is 1. The monoisotopic (exact) mass is 251 g/mol. The maximum absolute atomic E-state index is 11.5. The topological polar surface area (TPSA) is 93.4 Å². The summed E-state index contributed by atoms with van der Waals surface area (Å²) < 4.78 is 5.13. The van der Waals surface area contributed by atoms with Crippen LogP contribution in [-0.4, -0.2) is 31.5 Å². The van der Waals surface area contributed by atoms with Crippen molar-refractivity contribution >= 4 is 17.5 Å². The van der Waals surface area contributed by atoms with Crippen molar-refractivity contribution in [1.29, 1.82) is 0 Å². The molecule has 1 aromatic rings. The van der Waals surface area contributed by atoms with Gasteiger partial charge >= 0.3 is 0 Å². The standard InChI is InChI=1S/C12H17N3O3/c1-2-14-7-12(17)15-9-4-3-5-10(6-9)18-8-11(13)16/h3-6,14H,2,7-8H2,1H3,(H2,13,16)(H,15,17). The first-order valence-electron chi connectivity index (χ1n) is 5.63. The van der Waals surface area contributed by atoms with Crippen LogP contribution in [0.5, 0.6) is 5.75 Å². The second kappa shape index (κ2) is 7.29. The van der Waals surface area contributed by atoms with Crippen LogP contribution in [0.2, 0.25) is 0 Å². The van der Waals surface area contributed by atoms with Gasteiger partial charge < -0.3 is 21.1 Å². The smallest absolute Gasteiger partial charge is 0.255 e. The third-order valence-corrected chi connectivity index (χ3v) is 2.03. The molecule has 6 heteroatoms. The number of hydrogen-bond acceptors (Lipinski definition) is 4. The molecular weight excluding hydrogens is 234 g/mol. The number of ether oxygens (including phenoxy) is 1. The van der Waals surface area contributed by atoms with Crippen molar-refractivity contribution in [2.45, 2.75) is 6.92 Å². The van der Waals surface area contributed by atoms with Crippen LogP contribution >= 0.6 is 0 Å². The first-order chi connectivity index (χ1) is 8.61. The number of hydrogen-bond donors (Lipinski definition) is 3. The second-order valence-corrected chi connectivity index (χ2v) is 3.61. The largest absolute Gasteiger partial charge is 0.484 e. The van der Waals surface area contributed by atoms with Gasteiger partial charge in [-0.2, -0.15) is 0 Å². The van der Waals surface area contributed by atoms with Crippen molar-refractivity contribution in [1.82, 2.24) is 5.32 Å². The van der Waals surface area contributed by atoms with E-state index in [1.807, 2.05) is 6.92 Å². The highest BCUT2D eigenvalue weighted by Gasteiger charge is 2.03. The fourth-order valence-electron chi connectivity index (χ4n) is 1.26. The molecule has 2 amide bonds. The average Bonchev–Trinajstić information content (AvgIpc) is 2.34. The Labute approximate surface area is 105 Å². The fraction of sp³-hybridized carbons (Fsp3) is 0.333. The van der Waals surface area contributed by atoms with Gasteiger partial charge in [-0.05, 0) is 18.7 Å². The molecular formula is C12H17N3O3. The number of primary amides is 1. The predicted octanol–water partition coefficient (Wildman–Crippen LogP) is 0.0987. The van der Waals surface area contributed by atoms with E-state index in [0.717, 1.165) is 6.54 Å². The Kier molecular flexibility index (Phi) is 5.66. The summed E-state index contributed by atoms with van der Waals surface area (Å²) in [5.41, 5.74) is 5.58. The summed E-state index contributed by atoms with van der Waals surface area (Å²) in [6.07, 6.45) is 0. The van der Waals surface area contributed by atoms with E-state index in [4.69, 9.17) is 10.5 Å². The first kappa shape index (κ1) is 14.0. The van der Waals surface area contributed by atoms with E-state index in [1.165, 1.54) is 0 Å². The van der Waals surface area contributed by atoms with Crippen LogP contribution in [0.25, 0.3) is 0 Å². The molecule has 0 atom stereocenters. The molecule has 6 nitrogen and oxygen atoms in total. The summed E-state index contributed by atoms with van der Waals surface area (Å²) >= 11 is 0. The Morgan fingerprint density at radius 2 is 2.17 bits per heavy atom. The molecule has 0 bridgehead atoms. The van der Waals surface area contributed by atoms with Crippen molar-refractivity contribution < 1.29 is 14.3 Å². The van der Waals surface area contributed by atoms with Gasteiger partial charge in [0.05, 0.1) is 6.54 Å². The van der Waals surface area contributed by atoms with Gasteiger partial charge in [0.2, 0.25) is 5.91 Å². The molecule has 0 fully saturated rings. The van der Waals surface area contributed by atoms with E-state index < -0.39 is 5.91 Å². The van der Waals surface area contributed by atoms with Crippen LogP contribution in [0.3, 0.4) is 0 Å². The van der Waals surface area contributed by atoms with Gasteiger partial charge in [0, 0.05) is 11.8 Å². The minimum absolute atomic E-state index is 0.135. The third-order valence-electron chi connectivity index (χ3n) is 2.03. The quantitative estimate of drug-likeness (QED) is 0.640. The Morgan fingerprint density at radius 3 is 2.83 bits per heavy atom. The lowest BCUT2D eigenvalue weighted by Gasteiger charge is -2.08. The maximum Gasteiger partial charge on any atom is 0.255 e. The van der Waals surface area contributed by atoms with E-state index in [0.29, 0.717) is 11.4 Å². The lowest BCUT2D eigenvalue weighted by Crippen LogP contribution is -2.27. The van der Waals surface area contributed by atoms with Gasteiger partial charge in [0.15, 0.2) is 6.61 Å². The maximum atomic E-state index is 11.5. The molecule has 0 aliphatic carbocycles. The number of amides is 2. The van der Waals surface area contributed by atoms with Gasteiger partial charge in [0.1, 0.15) is 5.75 Å². The van der Waals surface area contributed by atoms with Crippen molar-refractivity contribution in [3.05, 3.63) is 24.3 Å². The Morgan fingerprint density at radius 1 is 1.39 bits per heavy atom. The molecule has 18 heavy (non-hydrogen) atoms. The van der Waals surface area contributed by atoms with Gasteiger partial charge in [-0.3, -0.25) is 9.59 Å². The Balaban J connectivity index is 2.53. The zero-order chi connectivity index (χ0) is 13.4. The molecule has 0 radical (unpaired) electrons. The van der Waals surface area contributed by atoms with Crippen LogP contribution in [0.1, 0.15) is 6.92 Å². The van der Waals surface area contributed by atoms with Crippen LogP contribution in [0.4, 0.5) is 5.69 Å². The fourth-order valence-corrected chi connectivity index (χ4v) is 1.26. The summed E-state index contributed by atoms with van der Waals surface area (Å²) in [5.74, 6) is -0.199. The van der Waals surface area contributed by atoms with Crippen molar-refractivity contribution in [2.24, 2.45) is 5.73 Å². The SMILES string of the molecule is CCNCC(=O)Nc1cccc(OCC(N)=O)c1. The molecule has 0 saturated carbocycles. The molecule has 0 saturated heterocycles. The lowest BCUT2D eigenvalue weighted by molar-refractivity contribution is -0.120. The summed E-state index contributed by atoms with van der Waals surface area (Å²) in [7, 11) is 0. The van der Waals surface area contributed by atoms with Crippen molar-refractivity contribution in [3.63, 3.8) is 0 Å². The number of rotatable bonds is 7. The first-order valence-corrected chi connectivity index (χ1v) is 5.63. The van der Waals surface area contributed by atoms with E-state index in [1.54, 1.807) is 24.3 Å². The van der Waals surface area contributed by atoms with Crippen LogP contribution in [-0.2, 0) is 9.59 Å². The van der Waals surface area contributed by atoms with Crippen LogP contribution in [0, 0.1) is 0 Å². The molecule has 0 unspecified atom stereocenters. The molecule has 98 valence electrons. The number of carbonyl (C=O) groups excluding carboxylic acids is 2. The summed E-state index contributed by atoms with van der Waals surface area (Å²) in [6, 6.07) is 6.77. The molecule has 0 spiro atoms. The Hall–Kier alpha value is -2.08. The minimum atomic E-state index is -0.545. The van der Waals surface area contributed by atoms with Gasteiger partial charge in [-0.1, -0.05) is 13.0 Å². The van der Waals surface area contributed by atoms with E-state index >= 15 is 0 Å². The minimum Gasteiger partial charge on any atom is -0.484 e. The molecule has 1 rings (SSSR count). The van der Waals surface area contributed by atoms with Crippen molar-refractivity contribution in [3.8, 4) is 5.75 Å². The molecule has 0 heterocycles. The zero-order valence-corrected chi connectivity index (χ0v) is 10.2. The highest BCUT2D eigenvalue weighted by Crippen LogP contribution is 2.16. The van der Waals surface area contributed by atoms with Gasteiger partial charge in [-0.15, -0.1) is 0 Å². The number of nitrogens with one attached hydrogen (secondary N) is 2. The predicted molar refractivity (Wildman–Crippen MR) is 68.3 cm³/mol. The van der Waals surface area contributed by atoms with E-state index in [2.05, 4.69) is 10.6 Å². The third kappa shape index (κ3) is 5.31. The summed E-state index contributed by atoms with van der Waals surface area (Å²) in [4.78, 5) is 22.0. The highest BCUT2D eigenvalue weighted by atomic mass is 16.5. The Bertz CT molecular complexity index is 421. The molecule has 0 aliphatic heterocycles. The number of benzene rings is 1. The molecule has 1 aromatic carbocycles. The van der Waals surface area contributed by atoms with Gasteiger partial charge in [0.25, 0.3) is 5.91 Å². The molecule has 4 N–H and O–H groups in total. The number of carbonyl (C=O) groups is 2. The highest BCUT2D eigenvalue weighted by molar-refractivity contribution is 5.92. The van der Waals surface area contributed by atoms with E-state index in [-0.39, 0.29) is 19.1 Å². The number of likely N-dealkylation sites (N-methyl/N-ethyl adjacent to an activating group) is 1. The number of anilines is 1. The normalized spacial score (nSPS) is 9.83. The van der Waals surface area contributed by atoms with Crippen LogP contribution in [0.15, 0.2) is 24.3 Å². The average molecular weight is 251 g/mol. The van der Waals surface area contributed by atoms with Gasteiger partial charge in [-0.25, -0.2) is 0 Å². The summed E-state index contributed by atoms with van der Waals surface area (Å²) in [5, 5.41) is 5.63. The van der Waals surface area contributed by atoms with Crippen LogP contribution < -0.4 is 21.1 Å².